The molecule has 21 heavy (non-hydrogen) atoms. The molecule has 1 aromatic rings. The van der Waals surface area contributed by atoms with Gasteiger partial charge in [0.2, 0.25) is 0 Å². The average molecular weight is 317 g/mol. The lowest BCUT2D eigenvalue weighted by atomic mass is 10.0. The lowest BCUT2D eigenvalue weighted by Crippen LogP contribution is -2.24. The molecule has 1 rings (SSSR count). The summed E-state index contributed by atoms with van der Waals surface area (Å²) in [6.07, 6.45) is -11.2. The Bertz CT molecular complexity index is 498. The highest BCUT2D eigenvalue weighted by atomic mass is 19.4. The number of aliphatic hydroxyl groups excluding tert-OH is 2. The third kappa shape index (κ3) is 4.50. The topological polar surface area (TPSA) is 52.5 Å². The number of aliphatic hydroxyl groups is 2. The van der Waals surface area contributed by atoms with Crippen LogP contribution in [0.5, 0.6) is 0 Å². The van der Waals surface area contributed by atoms with Crippen molar-refractivity contribution in [3.63, 3.8) is 0 Å². The molecule has 0 amide bonds. The third-order valence-electron chi connectivity index (χ3n) is 2.78. The zero-order valence-electron chi connectivity index (χ0n) is 10.8. The maximum atomic E-state index is 12.8. The predicted octanol–water partition coefficient (Wildman–Crippen LogP) is 2.80. The van der Waals surface area contributed by atoms with E-state index in [9.17, 15) is 26.3 Å². The van der Waals surface area contributed by atoms with Crippen molar-refractivity contribution in [3.8, 4) is 0 Å². The first kappa shape index (κ1) is 17.6. The minimum absolute atomic E-state index is 0.0446. The molecule has 0 bridgehead atoms. The first-order valence-electron chi connectivity index (χ1n) is 5.78. The van der Waals surface area contributed by atoms with E-state index in [0.717, 1.165) is 6.92 Å². The fraction of sp³-hybridized carbons (Fsp3) is 0.500. The lowest BCUT2D eigenvalue weighted by molar-refractivity contribution is -0.143. The van der Waals surface area contributed by atoms with Gasteiger partial charge in [-0.05, 0) is 24.6 Å². The van der Waals surface area contributed by atoms with E-state index in [1.165, 1.54) is 0 Å². The molecular formula is C12H13F6NO2. The molecule has 3 N–H and O–H groups in total. The number of benzene rings is 1. The Hall–Kier alpha value is -1.48. The summed E-state index contributed by atoms with van der Waals surface area (Å²) in [4.78, 5) is 0. The van der Waals surface area contributed by atoms with Gasteiger partial charge in [-0.3, -0.25) is 0 Å². The molecule has 0 aromatic heterocycles. The van der Waals surface area contributed by atoms with E-state index in [-0.39, 0.29) is 12.6 Å². The molecule has 0 aliphatic heterocycles. The van der Waals surface area contributed by atoms with Crippen molar-refractivity contribution in [2.75, 3.05) is 18.5 Å². The zero-order chi connectivity index (χ0) is 16.4. The van der Waals surface area contributed by atoms with Crippen LogP contribution in [0.3, 0.4) is 0 Å². The highest BCUT2D eigenvalue weighted by Gasteiger charge is 2.38. The van der Waals surface area contributed by atoms with Crippen LogP contribution in [0.15, 0.2) is 12.1 Å². The van der Waals surface area contributed by atoms with E-state index in [1.807, 2.05) is 0 Å². The molecule has 1 aromatic carbocycles. The van der Waals surface area contributed by atoms with Crippen LogP contribution in [-0.4, -0.2) is 29.5 Å². The van der Waals surface area contributed by atoms with Crippen molar-refractivity contribution in [1.82, 2.24) is 0 Å². The van der Waals surface area contributed by atoms with Crippen LogP contribution in [0.4, 0.5) is 32.0 Å². The van der Waals surface area contributed by atoms with Gasteiger partial charge in [0.15, 0.2) is 0 Å². The molecule has 0 saturated carbocycles. The molecule has 0 fully saturated rings. The molecule has 0 saturated heterocycles. The van der Waals surface area contributed by atoms with Crippen molar-refractivity contribution in [2.24, 2.45) is 0 Å². The van der Waals surface area contributed by atoms with Gasteiger partial charge in [-0.25, -0.2) is 0 Å². The van der Waals surface area contributed by atoms with Crippen LogP contribution in [0.2, 0.25) is 0 Å². The monoisotopic (exact) mass is 317 g/mol. The van der Waals surface area contributed by atoms with Gasteiger partial charge in [0.25, 0.3) is 0 Å². The predicted molar refractivity (Wildman–Crippen MR) is 62.8 cm³/mol. The van der Waals surface area contributed by atoms with Gasteiger partial charge < -0.3 is 15.5 Å². The van der Waals surface area contributed by atoms with E-state index in [2.05, 4.69) is 5.32 Å². The lowest BCUT2D eigenvalue weighted by Gasteiger charge is -2.19. The number of rotatable bonds is 4. The van der Waals surface area contributed by atoms with E-state index in [0.29, 0.717) is 6.07 Å². The normalized spacial score (nSPS) is 14.1. The summed E-state index contributed by atoms with van der Waals surface area (Å²) in [5.41, 5.74) is -3.66. The zero-order valence-corrected chi connectivity index (χ0v) is 10.8. The first-order valence-corrected chi connectivity index (χ1v) is 5.78. The summed E-state index contributed by atoms with van der Waals surface area (Å²) < 4.78 is 76.3. The maximum absolute atomic E-state index is 12.8. The van der Waals surface area contributed by atoms with E-state index in [4.69, 9.17) is 10.2 Å². The van der Waals surface area contributed by atoms with E-state index in [1.54, 1.807) is 0 Å². The summed E-state index contributed by atoms with van der Waals surface area (Å²) in [7, 11) is 0. The molecule has 9 heteroatoms. The quantitative estimate of drug-likeness (QED) is 0.749. The van der Waals surface area contributed by atoms with Gasteiger partial charge in [-0.15, -0.1) is 0 Å². The second-order valence-electron chi connectivity index (χ2n) is 4.41. The number of hydrogen-bond acceptors (Lipinski definition) is 3. The number of nitrogens with one attached hydrogen (secondary N) is 1. The number of anilines is 1. The summed E-state index contributed by atoms with van der Waals surface area (Å²) in [5, 5.41) is 20.0. The fourth-order valence-corrected chi connectivity index (χ4v) is 1.65. The molecule has 0 radical (unpaired) electrons. The van der Waals surface area contributed by atoms with Crippen molar-refractivity contribution in [2.45, 2.75) is 25.4 Å². The summed E-state index contributed by atoms with van der Waals surface area (Å²) >= 11 is 0. The van der Waals surface area contributed by atoms with Crippen LogP contribution >= 0.6 is 0 Å². The van der Waals surface area contributed by atoms with Crippen molar-refractivity contribution >= 4 is 5.69 Å². The Morgan fingerprint density at radius 2 is 1.67 bits per heavy atom. The molecule has 0 heterocycles. The molecule has 120 valence electrons. The first-order chi connectivity index (χ1) is 9.46. The van der Waals surface area contributed by atoms with Crippen LogP contribution in [0.1, 0.15) is 16.7 Å². The Kier molecular flexibility index (Phi) is 5.11. The van der Waals surface area contributed by atoms with Crippen LogP contribution < -0.4 is 5.32 Å². The second kappa shape index (κ2) is 6.10. The SMILES string of the molecule is Cc1c(NCC(O)CO)cc(C(F)(F)F)cc1C(F)(F)F. The van der Waals surface area contributed by atoms with E-state index >= 15 is 0 Å². The molecule has 3 nitrogen and oxygen atoms in total. The molecular weight excluding hydrogens is 304 g/mol. The molecule has 0 spiro atoms. The second-order valence-corrected chi connectivity index (χ2v) is 4.41. The number of hydrogen-bond donors (Lipinski definition) is 3. The van der Waals surface area contributed by atoms with Gasteiger partial charge in [0.1, 0.15) is 0 Å². The summed E-state index contributed by atoms with van der Waals surface area (Å²) in [6, 6.07) is 0.581. The highest BCUT2D eigenvalue weighted by Crippen LogP contribution is 2.40. The van der Waals surface area contributed by atoms with Crippen molar-refractivity contribution in [1.29, 1.82) is 0 Å². The third-order valence-corrected chi connectivity index (χ3v) is 2.78. The van der Waals surface area contributed by atoms with Gasteiger partial charge >= 0.3 is 12.4 Å². The molecule has 0 aliphatic rings. The van der Waals surface area contributed by atoms with Crippen molar-refractivity contribution < 1.29 is 36.6 Å². The largest absolute Gasteiger partial charge is 0.416 e. The summed E-state index contributed by atoms with van der Waals surface area (Å²) in [6.45, 7) is -0.0241. The van der Waals surface area contributed by atoms with Crippen LogP contribution in [0.25, 0.3) is 0 Å². The summed E-state index contributed by atoms with van der Waals surface area (Å²) in [5.74, 6) is 0. The molecule has 0 aliphatic carbocycles. The van der Waals surface area contributed by atoms with Crippen LogP contribution in [-0.2, 0) is 12.4 Å². The fourth-order valence-electron chi connectivity index (χ4n) is 1.65. The highest BCUT2D eigenvalue weighted by molar-refractivity contribution is 5.57. The number of halogens is 6. The van der Waals surface area contributed by atoms with Crippen LogP contribution in [0, 0.1) is 6.92 Å². The van der Waals surface area contributed by atoms with Crippen molar-refractivity contribution in [3.05, 3.63) is 28.8 Å². The Labute approximate surface area is 116 Å². The molecule has 1 atom stereocenters. The Morgan fingerprint density at radius 3 is 2.10 bits per heavy atom. The van der Waals surface area contributed by atoms with Gasteiger partial charge in [0, 0.05) is 12.2 Å². The average Bonchev–Trinajstić information content (AvgIpc) is 2.34. The van der Waals surface area contributed by atoms with Gasteiger partial charge in [0.05, 0.1) is 23.8 Å². The maximum Gasteiger partial charge on any atom is 0.416 e. The van der Waals surface area contributed by atoms with Gasteiger partial charge in [-0.1, -0.05) is 0 Å². The smallest absolute Gasteiger partial charge is 0.394 e. The van der Waals surface area contributed by atoms with E-state index < -0.39 is 47.4 Å². The van der Waals surface area contributed by atoms with Gasteiger partial charge in [-0.2, -0.15) is 26.3 Å². The Balaban J connectivity index is 3.29. The Morgan fingerprint density at radius 1 is 1.10 bits per heavy atom. The number of alkyl halides is 6. The standard InChI is InChI=1S/C12H13F6NO2/c1-6-9(12(16,17)18)2-7(11(13,14)15)3-10(6)19-4-8(21)5-20/h2-3,8,19-21H,4-5H2,1H3. The molecule has 1 unspecified atom stereocenters. The minimum Gasteiger partial charge on any atom is -0.394 e. The minimum atomic E-state index is -4.93.